The first-order valence-corrected chi connectivity index (χ1v) is 7.21. The minimum absolute atomic E-state index is 0.350. The summed E-state index contributed by atoms with van der Waals surface area (Å²) in [4.78, 5) is 0. The molecule has 1 aromatic rings. The Morgan fingerprint density at radius 1 is 1.50 bits per heavy atom. The third kappa shape index (κ3) is 3.47. The Hall–Kier alpha value is -0.570. The van der Waals surface area contributed by atoms with Crippen molar-refractivity contribution in [3.8, 4) is 0 Å². The van der Waals surface area contributed by atoms with Gasteiger partial charge < -0.3 is 10.1 Å². The van der Waals surface area contributed by atoms with Crippen LogP contribution in [-0.4, -0.2) is 18.8 Å². The average Bonchev–Trinajstić information content (AvgIpc) is 2.89. The van der Waals surface area contributed by atoms with Gasteiger partial charge in [-0.25, -0.2) is 0 Å². The Labute approximate surface area is 115 Å². The molecule has 2 rings (SSSR count). The minimum Gasteiger partial charge on any atom is -0.377 e. The van der Waals surface area contributed by atoms with Crippen LogP contribution in [0.1, 0.15) is 44.7 Å². The van der Waals surface area contributed by atoms with Gasteiger partial charge in [0.05, 0.1) is 6.10 Å². The maximum absolute atomic E-state index is 6.06. The number of benzene rings is 1. The van der Waals surface area contributed by atoms with Crippen LogP contribution in [0, 0.1) is 0 Å². The summed E-state index contributed by atoms with van der Waals surface area (Å²) in [5.41, 5.74) is 1.26. The number of nitrogens with one attached hydrogen (secondary N) is 1. The van der Waals surface area contributed by atoms with E-state index in [2.05, 4.69) is 25.2 Å². The number of halogens is 1. The van der Waals surface area contributed by atoms with E-state index in [0.717, 1.165) is 18.1 Å². The topological polar surface area (TPSA) is 21.3 Å². The van der Waals surface area contributed by atoms with Gasteiger partial charge in [0.25, 0.3) is 0 Å². The second-order valence-electron chi connectivity index (χ2n) is 5.02. The Bertz CT molecular complexity index is 377. The predicted molar refractivity (Wildman–Crippen MR) is 76.1 cm³/mol. The van der Waals surface area contributed by atoms with Crippen molar-refractivity contribution in [2.24, 2.45) is 0 Å². The normalized spacial score (nSPS) is 22.9. The molecule has 100 valence electrons. The summed E-state index contributed by atoms with van der Waals surface area (Å²) < 4.78 is 5.73. The van der Waals surface area contributed by atoms with Crippen LogP contribution in [0.25, 0.3) is 0 Å². The molecule has 0 amide bonds. The zero-order valence-corrected chi connectivity index (χ0v) is 11.9. The van der Waals surface area contributed by atoms with Crippen LogP contribution in [0.3, 0.4) is 0 Å². The summed E-state index contributed by atoms with van der Waals surface area (Å²) in [6.07, 6.45) is 3.76. The van der Waals surface area contributed by atoms with Crippen molar-refractivity contribution >= 4 is 11.6 Å². The van der Waals surface area contributed by atoms with Crippen LogP contribution in [0.15, 0.2) is 24.3 Å². The van der Waals surface area contributed by atoms with Crippen molar-refractivity contribution in [3.05, 3.63) is 34.9 Å². The van der Waals surface area contributed by atoms with Crippen molar-refractivity contribution in [3.63, 3.8) is 0 Å². The molecule has 0 bridgehead atoms. The Morgan fingerprint density at radius 2 is 2.33 bits per heavy atom. The molecule has 18 heavy (non-hydrogen) atoms. The Morgan fingerprint density at radius 3 is 2.94 bits per heavy atom. The van der Waals surface area contributed by atoms with Gasteiger partial charge in [0.1, 0.15) is 0 Å². The molecule has 0 aliphatic carbocycles. The first kappa shape index (κ1) is 13.9. The average molecular weight is 268 g/mol. The van der Waals surface area contributed by atoms with Crippen LogP contribution in [0.2, 0.25) is 5.02 Å². The molecule has 0 radical (unpaired) electrons. The van der Waals surface area contributed by atoms with Gasteiger partial charge in [-0.2, -0.15) is 0 Å². The Balaban J connectivity index is 2.00. The van der Waals surface area contributed by atoms with E-state index >= 15 is 0 Å². The lowest BCUT2D eigenvalue weighted by Crippen LogP contribution is -2.39. The molecule has 1 aliphatic heterocycles. The summed E-state index contributed by atoms with van der Waals surface area (Å²) in [5.74, 6) is 0. The van der Waals surface area contributed by atoms with Gasteiger partial charge in [0.2, 0.25) is 0 Å². The summed E-state index contributed by atoms with van der Waals surface area (Å²) >= 11 is 6.06. The number of rotatable bonds is 5. The van der Waals surface area contributed by atoms with Gasteiger partial charge >= 0.3 is 0 Å². The minimum atomic E-state index is 0.350. The van der Waals surface area contributed by atoms with E-state index in [0.29, 0.717) is 18.2 Å². The molecule has 1 N–H and O–H groups in total. The number of ether oxygens (including phenoxy) is 1. The third-order valence-electron chi connectivity index (χ3n) is 3.65. The molecule has 0 saturated carbocycles. The zero-order valence-electron chi connectivity index (χ0n) is 11.2. The van der Waals surface area contributed by atoms with E-state index in [1.54, 1.807) is 0 Å². The third-order valence-corrected chi connectivity index (χ3v) is 3.88. The molecule has 1 heterocycles. The van der Waals surface area contributed by atoms with E-state index in [1.807, 2.05) is 18.2 Å². The van der Waals surface area contributed by atoms with E-state index in [-0.39, 0.29) is 0 Å². The number of hydrogen-bond donors (Lipinski definition) is 1. The van der Waals surface area contributed by atoms with Crippen molar-refractivity contribution in [1.82, 2.24) is 5.32 Å². The summed E-state index contributed by atoms with van der Waals surface area (Å²) in [6.45, 7) is 5.31. The van der Waals surface area contributed by atoms with Gasteiger partial charge in [-0.3, -0.25) is 0 Å². The van der Waals surface area contributed by atoms with E-state index in [1.165, 1.54) is 18.4 Å². The molecule has 1 saturated heterocycles. The van der Waals surface area contributed by atoms with Crippen LogP contribution < -0.4 is 5.32 Å². The molecule has 0 spiro atoms. The summed E-state index contributed by atoms with van der Waals surface area (Å²) in [5, 5.41) is 4.47. The lowest BCUT2D eigenvalue weighted by atomic mass is 10.0. The highest BCUT2D eigenvalue weighted by Gasteiger charge is 2.24. The first-order valence-electron chi connectivity index (χ1n) is 6.84. The summed E-state index contributed by atoms with van der Waals surface area (Å²) in [7, 11) is 0. The SMILES string of the molecule is CCC(NC(C)C1CCCO1)c1cccc(Cl)c1. The highest BCUT2D eigenvalue weighted by atomic mass is 35.5. The van der Waals surface area contributed by atoms with Crippen molar-refractivity contribution in [2.45, 2.75) is 51.3 Å². The van der Waals surface area contributed by atoms with Gasteiger partial charge in [-0.05, 0) is 43.9 Å². The van der Waals surface area contributed by atoms with Crippen molar-refractivity contribution in [2.75, 3.05) is 6.61 Å². The lowest BCUT2D eigenvalue weighted by Gasteiger charge is -2.26. The van der Waals surface area contributed by atoms with Crippen LogP contribution in [0.5, 0.6) is 0 Å². The predicted octanol–water partition coefficient (Wildman–Crippen LogP) is 3.95. The molecule has 0 aromatic heterocycles. The van der Waals surface area contributed by atoms with Gasteiger partial charge in [0.15, 0.2) is 0 Å². The highest BCUT2D eigenvalue weighted by molar-refractivity contribution is 6.30. The maximum atomic E-state index is 6.06. The van der Waals surface area contributed by atoms with Gasteiger partial charge in [0, 0.05) is 23.7 Å². The van der Waals surface area contributed by atoms with E-state index in [4.69, 9.17) is 16.3 Å². The molecule has 3 unspecified atom stereocenters. The second-order valence-corrected chi connectivity index (χ2v) is 5.46. The second kappa shape index (κ2) is 6.55. The summed E-state index contributed by atoms with van der Waals surface area (Å²) in [6, 6.07) is 8.85. The fourth-order valence-corrected chi connectivity index (χ4v) is 2.79. The van der Waals surface area contributed by atoms with E-state index < -0.39 is 0 Å². The quantitative estimate of drug-likeness (QED) is 0.872. The van der Waals surface area contributed by atoms with Crippen LogP contribution in [0.4, 0.5) is 0 Å². The largest absolute Gasteiger partial charge is 0.377 e. The maximum Gasteiger partial charge on any atom is 0.0726 e. The molecule has 1 aliphatic rings. The highest BCUT2D eigenvalue weighted by Crippen LogP contribution is 2.23. The molecular formula is C15H22ClNO. The molecule has 3 heteroatoms. The van der Waals surface area contributed by atoms with Gasteiger partial charge in [-0.1, -0.05) is 30.7 Å². The fourth-order valence-electron chi connectivity index (χ4n) is 2.59. The molecule has 1 fully saturated rings. The molecule has 1 aromatic carbocycles. The monoisotopic (exact) mass is 267 g/mol. The molecule has 2 nitrogen and oxygen atoms in total. The smallest absolute Gasteiger partial charge is 0.0726 e. The van der Waals surface area contributed by atoms with Crippen LogP contribution in [-0.2, 0) is 4.74 Å². The standard InChI is InChI=1S/C15H22ClNO/c1-3-14(12-6-4-7-13(16)10-12)17-11(2)15-8-5-9-18-15/h4,6-7,10-11,14-15,17H,3,5,8-9H2,1-2H3. The lowest BCUT2D eigenvalue weighted by molar-refractivity contribution is 0.0794. The Kier molecular flexibility index (Phi) is 5.04. The molecule has 3 atom stereocenters. The van der Waals surface area contributed by atoms with Crippen molar-refractivity contribution in [1.29, 1.82) is 0 Å². The van der Waals surface area contributed by atoms with Gasteiger partial charge in [-0.15, -0.1) is 0 Å². The number of hydrogen-bond acceptors (Lipinski definition) is 2. The fraction of sp³-hybridized carbons (Fsp3) is 0.600. The van der Waals surface area contributed by atoms with Crippen LogP contribution >= 0.6 is 11.6 Å². The van der Waals surface area contributed by atoms with E-state index in [9.17, 15) is 0 Å². The first-order chi connectivity index (χ1) is 8.70. The zero-order chi connectivity index (χ0) is 13.0. The molecular weight excluding hydrogens is 246 g/mol. The van der Waals surface area contributed by atoms with Crippen molar-refractivity contribution < 1.29 is 4.74 Å².